The van der Waals surface area contributed by atoms with Crippen molar-refractivity contribution >= 4 is 17.3 Å². The highest BCUT2D eigenvalue weighted by Gasteiger charge is 2.14. The number of hydrogen-bond donors (Lipinski definition) is 1. The minimum absolute atomic E-state index is 0.0351. The fraction of sp³-hybridized carbons (Fsp3) is 0.143. The normalized spacial score (nSPS) is 12.3. The number of benzene rings is 2. The van der Waals surface area contributed by atoms with Gasteiger partial charge in [0.25, 0.3) is 0 Å². The topological polar surface area (TPSA) is 12.0 Å². The standard InChI is InChI=1S/C14H11ClF3N/c1-8(10-6-5-9(16)7-11(10)15)19-13-4-2-3-12(17)14(13)18/h2-8,19H,1H3. The third-order valence-electron chi connectivity index (χ3n) is 2.75. The zero-order chi connectivity index (χ0) is 14.0. The zero-order valence-electron chi connectivity index (χ0n) is 10.1. The van der Waals surface area contributed by atoms with Crippen molar-refractivity contribution in [2.45, 2.75) is 13.0 Å². The molecule has 0 aliphatic carbocycles. The van der Waals surface area contributed by atoms with E-state index in [9.17, 15) is 13.2 Å². The van der Waals surface area contributed by atoms with Gasteiger partial charge in [-0.05, 0) is 36.8 Å². The highest BCUT2D eigenvalue weighted by molar-refractivity contribution is 6.31. The smallest absolute Gasteiger partial charge is 0.181 e. The van der Waals surface area contributed by atoms with Gasteiger partial charge in [-0.25, -0.2) is 13.2 Å². The maximum absolute atomic E-state index is 13.5. The Morgan fingerprint density at radius 1 is 1.11 bits per heavy atom. The van der Waals surface area contributed by atoms with Gasteiger partial charge in [0.1, 0.15) is 5.82 Å². The van der Waals surface area contributed by atoms with Crippen molar-refractivity contribution in [1.82, 2.24) is 0 Å². The molecule has 0 aliphatic rings. The lowest BCUT2D eigenvalue weighted by molar-refractivity contribution is 0.510. The number of halogens is 4. The first-order chi connectivity index (χ1) is 8.99. The van der Waals surface area contributed by atoms with Crippen LogP contribution in [0.25, 0.3) is 0 Å². The first kappa shape index (κ1) is 13.7. The molecule has 0 radical (unpaired) electrons. The van der Waals surface area contributed by atoms with E-state index in [1.165, 1.54) is 30.3 Å². The van der Waals surface area contributed by atoms with Crippen LogP contribution in [0.4, 0.5) is 18.9 Å². The maximum Gasteiger partial charge on any atom is 0.181 e. The number of nitrogens with one attached hydrogen (secondary N) is 1. The molecule has 0 spiro atoms. The minimum atomic E-state index is -0.951. The molecule has 0 aliphatic heterocycles. The van der Waals surface area contributed by atoms with Crippen LogP contribution in [0.3, 0.4) is 0 Å². The second-order valence-electron chi connectivity index (χ2n) is 4.13. The SMILES string of the molecule is CC(Nc1cccc(F)c1F)c1ccc(F)cc1Cl. The predicted molar refractivity (Wildman–Crippen MR) is 69.8 cm³/mol. The second-order valence-corrected chi connectivity index (χ2v) is 4.54. The number of hydrogen-bond acceptors (Lipinski definition) is 1. The van der Waals surface area contributed by atoms with Crippen LogP contribution in [0.1, 0.15) is 18.5 Å². The van der Waals surface area contributed by atoms with Crippen molar-refractivity contribution in [3.63, 3.8) is 0 Å². The summed E-state index contributed by atoms with van der Waals surface area (Å²) in [7, 11) is 0. The molecule has 1 unspecified atom stereocenters. The third kappa shape index (κ3) is 3.01. The summed E-state index contributed by atoms with van der Waals surface area (Å²) in [5.74, 6) is -2.33. The predicted octanol–water partition coefficient (Wildman–Crippen LogP) is 4.93. The van der Waals surface area contributed by atoms with E-state index in [4.69, 9.17) is 11.6 Å². The number of anilines is 1. The summed E-state index contributed by atoms with van der Waals surface area (Å²) in [4.78, 5) is 0. The van der Waals surface area contributed by atoms with E-state index in [1.807, 2.05) is 0 Å². The van der Waals surface area contributed by atoms with Crippen LogP contribution in [0.2, 0.25) is 5.02 Å². The Bertz CT molecular complexity index is 601. The Morgan fingerprint density at radius 3 is 2.53 bits per heavy atom. The van der Waals surface area contributed by atoms with E-state index < -0.39 is 17.5 Å². The highest BCUT2D eigenvalue weighted by atomic mass is 35.5. The second kappa shape index (κ2) is 5.53. The Balaban J connectivity index is 2.25. The third-order valence-corrected chi connectivity index (χ3v) is 3.08. The van der Waals surface area contributed by atoms with Gasteiger partial charge in [-0.3, -0.25) is 0 Å². The molecule has 0 aromatic heterocycles. The van der Waals surface area contributed by atoms with E-state index in [2.05, 4.69) is 5.32 Å². The summed E-state index contributed by atoms with van der Waals surface area (Å²) in [6.45, 7) is 1.73. The van der Waals surface area contributed by atoms with Gasteiger partial charge >= 0.3 is 0 Å². The molecule has 100 valence electrons. The molecule has 19 heavy (non-hydrogen) atoms. The van der Waals surface area contributed by atoms with Crippen LogP contribution in [0.5, 0.6) is 0 Å². The molecule has 2 aromatic rings. The molecule has 0 bridgehead atoms. The molecule has 0 saturated carbocycles. The molecule has 1 nitrogen and oxygen atoms in total. The summed E-state index contributed by atoms with van der Waals surface area (Å²) in [6, 6.07) is 7.43. The van der Waals surface area contributed by atoms with E-state index in [0.29, 0.717) is 5.56 Å². The largest absolute Gasteiger partial charge is 0.376 e. The van der Waals surface area contributed by atoms with Gasteiger partial charge in [0.15, 0.2) is 11.6 Å². The van der Waals surface area contributed by atoms with Gasteiger partial charge in [0.2, 0.25) is 0 Å². The van der Waals surface area contributed by atoms with Crippen LogP contribution < -0.4 is 5.32 Å². The van der Waals surface area contributed by atoms with Crippen molar-refractivity contribution in [3.8, 4) is 0 Å². The van der Waals surface area contributed by atoms with Gasteiger partial charge in [-0.1, -0.05) is 23.7 Å². The lowest BCUT2D eigenvalue weighted by atomic mass is 10.1. The van der Waals surface area contributed by atoms with Gasteiger partial charge in [0, 0.05) is 5.02 Å². The molecule has 2 aromatic carbocycles. The van der Waals surface area contributed by atoms with Gasteiger partial charge in [0.05, 0.1) is 11.7 Å². The zero-order valence-corrected chi connectivity index (χ0v) is 10.8. The van der Waals surface area contributed by atoms with Crippen molar-refractivity contribution in [1.29, 1.82) is 0 Å². The lowest BCUT2D eigenvalue weighted by Crippen LogP contribution is -2.09. The average molecular weight is 286 g/mol. The summed E-state index contributed by atoms with van der Waals surface area (Å²) >= 11 is 5.91. The van der Waals surface area contributed by atoms with Crippen molar-refractivity contribution < 1.29 is 13.2 Å². The molecule has 5 heteroatoms. The Labute approximate surface area is 114 Å². The van der Waals surface area contributed by atoms with E-state index in [0.717, 1.165) is 6.07 Å². The Kier molecular flexibility index (Phi) is 4.00. The molecular weight excluding hydrogens is 275 g/mol. The molecule has 0 fully saturated rings. The van der Waals surface area contributed by atoms with Crippen LogP contribution in [0.15, 0.2) is 36.4 Å². The number of rotatable bonds is 3. The van der Waals surface area contributed by atoms with Crippen molar-refractivity contribution in [3.05, 3.63) is 64.4 Å². The lowest BCUT2D eigenvalue weighted by Gasteiger charge is -2.17. The minimum Gasteiger partial charge on any atom is -0.376 e. The van der Waals surface area contributed by atoms with Crippen molar-refractivity contribution in [2.75, 3.05) is 5.32 Å². The monoisotopic (exact) mass is 285 g/mol. The summed E-state index contributed by atoms with van der Waals surface area (Å²) in [6.07, 6.45) is 0. The summed E-state index contributed by atoms with van der Waals surface area (Å²) < 4.78 is 39.5. The van der Waals surface area contributed by atoms with Gasteiger partial charge in [-0.2, -0.15) is 0 Å². The fourth-order valence-corrected chi connectivity index (χ4v) is 2.11. The van der Waals surface area contributed by atoms with Crippen LogP contribution in [-0.4, -0.2) is 0 Å². The van der Waals surface area contributed by atoms with E-state index in [-0.39, 0.29) is 16.8 Å². The first-order valence-corrected chi connectivity index (χ1v) is 6.02. The average Bonchev–Trinajstić information content (AvgIpc) is 2.34. The maximum atomic E-state index is 13.5. The van der Waals surface area contributed by atoms with E-state index in [1.54, 1.807) is 6.92 Å². The summed E-state index contributed by atoms with van der Waals surface area (Å²) in [5.41, 5.74) is 0.639. The highest BCUT2D eigenvalue weighted by Crippen LogP contribution is 2.28. The molecule has 2 rings (SSSR count). The van der Waals surface area contributed by atoms with Gasteiger partial charge < -0.3 is 5.32 Å². The quantitative estimate of drug-likeness (QED) is 0.843. The van der Waals surface area contributed by atoms with Crippen LogP contribution in [0, 0.1) is 17.5 Å². The van der Waals surface area contributed by atoms with Gasteiger partial charge in [-0.15, -0.1) is 0 Å². The Hall–Kier alpha value is -1.68. The first-order valence-electron chi connectivity index (χ1n) is 5.64. The Morgan fingerprint density at radius 2 is 1.84 bits per heavy atom. The van der Waals surface area contributed by atoms with E-state index >= 15 is 0 Å². The van der Waals surface area contributed by atoms with Crippen LogP contribution in [-0.2, 0) is 0 Å². The van der Waals surface area contributed by atoms with Crippen LogP contribution >= 0.6 is 11.6 Å². The molecule has 0 heterocycles. The molecule has 1 atom stereocenters. The molecule has 0 saturated heterocycles. The molecule has 0 amide bonds. The summed E-state index contributed by atoms with van der Waals surface area (Å²) in [5, 5.41) is 3.04. The molecule has 1 N–H and O–H groups in total. The van der Waals surface area contributed by atoms with Crippen molar-refractivity contribution in [2.24, 2.45) is 0 Å². The molecular formula is C14H11ClF3N. The fourth-order valence-electron chi connectivity index (χ4n) is 1.78.